The number of carbonyl (C=O) groups excluding carboxylic acids is 2. The average molecular weight is 415 g/mol. The summed E-state index contributed by atoms with van der Waals surface area (Å²) in [4.78, 5) is 25.7. The fourth-order valence-corrected chi connectivity index (χ4v) is 3.66. The lowest BCUT2D eigenvalue weighted by molar-refractivity contribution is 0.102. The van der Waals surface area contributed by atoms with Crippen molar-refractivity contribution in [3.8, 4) is 0 Å². The van der Waals surface area contributed by atoms with E-state index < -0.39 is 11.7 Å². The van der Waals surface area contributed by atoms with E-state index in [1.807, 2.05) is 0 Å². The predicted octanol–water partition coefficient (Wildman–Crippen LogP) is 4.92. The molecular formula is C19H12ClFN4O2S. The number of aromatic amines is 1. The Labute approximate surface area is 167 Å². The summed E-state index contributed by atoms with van der Waals surface area (Å²) in [5, 5.41) is 13.1. The maximum absolute atomic E-state index is 13.7. The zero-order valence-corrected chi connectivity index (χ0v) is 15.7. The van der Waals surface area contributed by atoms with Crippen molar-refractivity contribution in [3.05, 3.63) is 75.9 Å². The number of halogens is 2. The summed E-state index contributed by atoms with van der Waals surface area (Å²) >= 11 is 7.04. The Morgan fingerprint density at radius 3 is 2.64 bits per heavy atom. The summed E-state index contributed by atoms with van der Waals surface area (Å²) in [6.45, 7) is 0. The van der Waals surface area contributed by atoms with Crippen molar-refractivity contribution in [2.75, 3.05) is 10.6 Å². The standard InChI is InChI=1S/C19H12ClFN4O2S/c20-11-5-3-4-10(8-11)17(26)23-16-12-9-15(28-19(12)25-24-16)18(27)22-14-7-2-1-6-13(14)21/h1-9H,(H,22,27)(H2,23,24,25,26). The van der Waals surface area contributed by atoms with E-state index in [0.717, 1.165) is 11.3 Å². The molecule has 0 spiro atoms. The van der Waals surface area contributed by atoms with Crippen molar-refractivity contribution in [2.24, 2.45) is 0 Å². The first kappa shape index (κ1) is 18.1. The zero-order chi connectivity index (χ0) is 19.7. The van der Waals surface area contributed by atoms with Crippen LogP contribution in [-0.2, 0) is 0 Å². The van der Waals surface area contributed by atoms with Crippen LogP contribution in [0.3, 0.4) is 0 Å². The third-order valence-corrected chi connectivity index (χ3v) is 5.19. The molecule has 140 valence electrons. The Morgan fingerprint density at radius 2 is 1.86 bits per heavy atom. The van der Waals surface area contributed by atoms with E-state index >= 15 is 0 Å². The average Bonchev–Trinajstić information content (AvgIpc) is 3.25. The summed E-state index contributed by atoms with van der Waals surface area (Å²) in [6.07, 6.45) is 0. The molecule has 0 fully saturated rings. The van der Waals surface area contributed by atoms with Crippen LogP contribution in [0.15, 0.2) is 54.6 Å². The van der Waals surface area contributed by atoms with Gasteiger partial charge in [-0.2, -0.15) is 5.10 Å². The lowest BCUT2D eigenvalue weighted by Gasteiger charge is -2.04. The van der Waals surface area contributed by atoms with E-state index in [1.165, 1.54) is 12.1 Å². The summed E-state index contributed by atoms with van der Waals surface area (Å²) in [6, 6.07) is 14.0. The van der Waals surface area contributed by atoms with Gasteiger partial charge in [-0.05, 0) is 36.4 Å². The minimum Gasteiger partial charge on any atom is -0.319 e. The molecule has 0 bridgehead atoms. The van der Waals surface area contributed by atoms with Gasteiger partial charge in [-0.3, -0.25) is 14.7 Å². The molecule has 4 rings (SSSR count). The van der Waals surface area contributed by atoms with Crippen LogP contribution in [-0.4, -0.2) is 22.0 Å². The minimum absolute atomic E-state index is 0.0922. The van der Waals surface area contributed by atoms with Crippen molar-refractivity contribution in [3.63, 3.8) is 0 Å². The van der Waals surface area contributed by atoms with Gasteiger partial charge in [-0.15, -0.1) is 11.3 Å². The molecule has 9 heteroatoms. The van der Waals surface area contributed by atoms with E-state index in [2.05, 4.69) is 20.8 Å². The monoisotopic (exact) mass is 414 g/mol. The van der Waals surface area contributed by atoms with Gasteiger partial charge in [0.2, 0.25) is 0 Å². The number of hydrogen-bond donors (Lipinski definition) is 3. The number of aromatic nitrogens is 2. The Bertz CT molecular complexity index is 1200. The van der Waals surface area contributed by atoms with Gasteiger partial charge in [0, 0.05) is 10.6 Å². The molecule has 0 saturated heterocycles. The van der Waals surface area contributed by atoms with Crippen LogP contribution < -0.4 is 10.6 Å². The largest absolute Gasteiger partial charge is 0.319 e. The van der Waals surface area contributed by atoms with E-state index in [-0.39, 0.29) is 11.6 Å². The van der Waals surface area contributed by atoms with Gasteiger partial charge in [0.1, 0.15) is 16.5 Å². The first-order chi connectivity index (χ1) is 13.5. The lowest BCUT2D eigenvalue weighted by atomic mass is 10.2. The smallest absolute Gasteiger partial charge is 0.265 e. The number of benzene rings is 2. The Morgan fingerprint density at radius 1 is 1.04 bits per heavy atom. The molecule has 2 heterocycles. The Balaban J connectivity index is 1.56. The summed E-state index contributed by atoms with van der Waals surface area (Å²) < 4.78 is 13.7. The van der Waals surface area contributed by atoms with Crippen molar-refractivity contribution < 1.29 is 14.0 Å². The number of anilines is 2. The van der Waals surface area contributed by atoms with E-state index in [0.29, 0.717) is 31.5 Å². The fraction of sp³-hybridized carbons (Fsp3) is 0. The molecule has 2 aromatic heterocycles. The molecule has 2 amide bonds. The second-order valence-electron chi connectivity index (χ2n) is 5.83. The molecule has 4 aromatic rings. The van der Waals surface area contributed by atoms with Crippen molar-refractivity contribution in [2.45, 2.75) is 0 Å². The topological polar surface area (TPSA) is 86.9 Å². The SMILES string of the molecule is O=C(Nc1[nH]nc2sc(C(=O)Nc3ccccc3F)cc12)c1cccc(Cl)c1. The highest BCUT2D eigenvalue weighted by Gasteiger charge is 2.18. The second-order valence-corrected chi connectivity index (χ2v) is 7.29. The van der Waals surface area contributed by atoms with Crippen LogP contribution in [0.4, 0.5) is 15.9 Å². The second kappa shape index (κ2) is 7.41. The first-order valence-electron chi connectivity index (χ1n) is 8.12. The van der Waals surface area contributed by atoms with Crippen LogP contribution in [0.2, 0.25) is 5.02 Å². The van der Waals surface area contributed by atoms with Crippen LogP contribution in [0.25, 0.3) is 10.2 Å². The maximum Gasteiger partial charge on any atom is 0.265 e. The molecule has 0 unspecified atom stereocenters. The molecule has 0 aliphatic carbocycles. The molecule has 0 radical (unpaired) electrons. The number of thiophene rings is 1. The molecule has 0 aliphatic rings. The molecule has 2 aromatic carbocycles. The number of rotatable bonds is 4. The number of H-pyrrole nitrogens is 1. The number of carbonyl (C=O) groups is 2. The van der Waals surface area contributed by atoms with E-state index in [4.69, 9.17) is 11.6 Å². The Kier molecular flexibility index (Phi) is 4.81. The normalized spacial score (nSPS) is 10.8. The molecule has 28 heavy (non-hydrogen) atoms. The van der Waals surface area contributed by atoms with Gasteiger partial charge in [0.05, 0.1) is 16.0 Å². The number of amides is 2. The van der Waals surface area contributed by atoms with Crippen LogP contribution >= 0.6 is 22.9 Å². The van der Waals surface area contributed by atoms with Gasteiger partial charge < -0.3 is 10.6 Å². The van der Waals surface area contributed by atoms with Gasteiger partial charge in [-0.1, -0.05) is 29.8 Å². The minimum atomic E-state index is -0.521. The lowest BCUT2D eigenvalue weighted by Crippen LogP contribution is -2.12. The third-order valence-electron chi connectivity index (χ3n) is 3.92. The van der Waals surface area contributed by atoms with Gasteiger partial charge in [0.25, 0.3) is 11.8 Å². The van der Waals surface area contributed by atoms with Crippen molar-refractivity contribution >= 4 is 56.5 Å². The van der Waals surface area contributed by atoms with Crippen molar-refractivity contribution in [1.82, 2.24) is 10.2 Å². The number of fused-ring (bicyclic) bond motifs is 1. The maximum atomic E-state index is 13.7. The zero-order valence-electron chi connectivity index (χ0n) is 14.1. The highest BCUT2D eigenvalue weighted by atomic mass is 35.5. The number of hydrogen-bond acceptors (Lipinski definition) is 4. The predicted molar refractivity (Wildman–Crippen MR) is 108 cm³/mol. The van der Waals surface area contributed by atoms with E-state index in [1.54, 1.807) is 42.5 Å². The van der Waals surface area contributed by atoms with Crippen LogP contribution in [0.1, 0.15) is 20.0 Å². The quantitative estimate of drug-likeness (QED) is 0.443. The third kappa shape index (κ3) is 3.60. The van der Waals surface area contributed by atoms with Crippen LogP contribution in [0.5, 0.6) is 0 Å². The number of nitrogens with one attached hydrogen (secondary N) is 3. The number of para-hydroxylation sites is 1. The van der Waals surface area contributed by atoms with Crippen molar-refractivity contribution in [1.29, 1.82) is 0 Å². The van der Waals surface area contributed by atoms with E-state index in [9.17, 15) is 14.0 Å². The summed E-state index contributed by atoms with van der Waals surface area (Å²) in [5.41, 5.74) is 0.484. The van der Waals surface area contributed by atoms with Gasteiger partial charge in [0.15, 0.2) is 0 Å². The summed E-state index contributed by atoms with van der Waals surface area (Å²) in [7, 11) is 0. The molecule has 0 atom stereocenters. The van der Waals surface area contributed by atoms with Gasteiger partial charge >= 0.3 is 0 Å². The fourth-order valence-electron chi connectivity index (χ4n) is 2.58. The molecule has 0 saturated carbocycles. The summed E-state index contributed by atoms with van der Waals surface area (Å²) in [5.74, 6) is -0.981. The molecular weight excluding hydrogens is 403 g/mol. The van der Waals surface area contributed by atoms with Gasteiger partial charge in [-0.25, -0.2) is 4.39 Å². The highest BCUT2D eigenvalue weighted by Crippen LogP contribution is 2.30. The molecule has 0 aliphatic heterocycles. The van der Waals surface area contributed by atoms with Crippen LogP contribution in [0, 0.1) is 5.82 Å². The first-order valence-corrected chi connectivity index (χ1v) is 9.31. The highest BCUT2D eigenvalue weighted by molar-refractivity contribution is 7.20. The Hall–Kier alpha value is -3.23. The molecule has 3 N–H and O–H groups in total. The number of nitrogens with zero attached hydrogens (tertiary/aromatic N) is 1. The molecule has 6 nitrogen and oxygen atoms in total.